The summed E-state index contributed by atoms with van der Waals surface area (Å²) in [5.41, 5.74) is -0.114. The minimum absolute atomic E-state index is 0.0913. The zero-order valence-corrected chi connectivity index (χ0v) is 10.2. The van der Waals surface area contributed by atoms with Gasteiger partial charge in [-0.05, 0) is 12.1 Å². The molecule has 1 aliphatic heterocycles. The van der Waals surface area contributed by atoms with E-state index in [2.05, 4.69) is 15.0 Å². The van der Waals surface area contributed by atoms with Crippen molar-refractivity contribution in [3.63, 3.8) is 0 Å². The van der Waals surface area contributed by atoms with Crippen LogP contribution in [-0.2, 0) is 25.5 Å². The summed E-state index contributed by atoms with van der Waals surface area (Å²) in [6.45, 7) is 0.653. The van der Waals surface area contributed by atoms with Gasteiger partial charge in [-0.3, -0.25) is 9.59 Å². The molecule has 2 N–H and O–H groups in total. The summed E-state index contributed by atoms with van der Waals surface area (Å²) in [4.78, 5) is 26.6. The summed E-state index contributed by atoms with van der Waals surface area (Å²) >= 11 is 0. The van der Waals surface area contributed by atoms with E-state index in [-0.39, 0.29) is 19.1 Å². The number of methoxy groups -OCH3 is 1. The van der Waals surface area contributed by atoms with Crippen molar-refractivity contribution in [3.05, 3.63) is 24.0 Å². The van der Waals surface area contributed by atoms with Crippen molar-refractivity contribution in [1.82, 2.24) is 10.3 Å². The molecule has 2 heterocycles. The second kappa shape index (κ2) is 5.22. The summed E-state index contributed by atoms with van der Waals surface area (Å²) in [7, 11) is 1.27. The van der Waals surface area contributed by atoms with E-state index >= 15 is 0 Å². The predicted octanol–water partition coefficient (Wildman–Crippen LogP) is -0.137. The Labute approximate surface area is 105 Å². The van der Waals surface area contributed by atoms with Gasteiger partial charge in [-0.25, -0.2) is 0 Å². The Balaban J connectivity index is 1.85. The Morgan fingerprint density at radius 2 is 2.33 bits per heavy atom. The average Bonchev–Trinajstić information content (AvgIpc) is 2.80. The van der Waals surface area contributed by atoms with Crippen molar-refractivity contribution < 1.29 is 19.1 Å². The van der Waals surface area contributed by atoms with Crippen LogP contribution in [0.4, 0.5) is 0 Å². The number of ether oxygens (including phenoxy) is 2. The smallest absolute Gasteiger partial charge is 0.326 e. The van der Waals surface area contributed by atoms with Crippen LogP contribution in [0, 0.1) is 5.41 Å². The van der Waals surface area contributed by atoms with Crippen LogP contribution in [0.5, 0.6) is 0 Å². The highest BCUT2D eigenvalue weighted by molar-refractivity contribution is 6.03. The molecule has 0 aliphatic carbocycles. The first-order chi connectivity index (χ1) is 8.69. The van der Waals surface area contributed by atoms with Crippen molar-refractivity contribution in [2.24, 2.45) is 5.41 Å². The number of H-pyrrole nitrogens is 1. The molecule has 6 nitrogen and oxygen atoms in total. The van der Waals surface area contributed by atoms with E-state index in [9.17, 15) is 9.59 Å². The second-order valence-corrected chi connectivity index (χ2v) is 4.27. The van der Waals surface area contributed by atoms with Crippen LogP contribution < -0.4 is 5.32 Å². The van der Waals surface area contributed by atoms with Crippen LogP contribution >= 0.6 is 0 Å². The quantitative estimate of drug-likeness (QED) is 0.565. The lowest BCUT2D eigenvalue weighted by Gasteiger charge is -2.36. The Morgan fingerprint density at radius 1 is 1.56 bits per heavy atom. The number of amides is 1. The molecule has 1 saturated heterocycles. The van der Waals surface area contributed by atoms with Crippen molar-refractivity contribution in [3.8, 4) is 0 Å². The molecule has 2 rings (SSSR count). The van der Waals surface area contributed by atoms with Gasteiger partial charge in [0.15, 0.2) is 5.41 Å². The molecule has 0 aromatic carbocycles. The molecular weight excluding hydrogens is 236 g/mol. The van der Waals surface area contributed by atoms with E-state index in [1.54, 1.807) is 0 Å². The third-order valence-electron chi connectivity index (χ3n) is 3.05. The highest BCUT2D eigenvalue weighted by atomic mass is 16.5. The van der Waals surface area contributed by atoms with Gasteiger partial charge in [0.25, 0.3) is 0 Å². The number of aromatic nitrogens is 1. The Bertz CT molecular complexity index is 423. The number of esters is 1. The molecule has 1 amide bonds. The molecule has 18 heavy (non-hydrogen) atoms. The monoisotopic (exact) mass is 252 g/mol. The van der Waals surface area contributed by atoms with Gasteiger partial charge in [-0.1, -0.05) is 0 Å². The second-order valence-electron chi connectivity index (χ2n) is 4.27. The van der Waals surface area contributed by atoms with Crippen molar-refractivity contribution in [2.45, 2.75) is 6.42 Å². The Hall–Kier alpha value is -1.82. The fourth-order valence-electron chi connectivity index (χ4n) is 1.85. The molecule has 0 bridgehead atoms. The van der Waals surface area contributed by atoms with E-state index in [1.165, 1.54) is 7.11 Å². The number of hydrogen-bond donors (Lipinski definition) is 2. The zero-order chi connectivity index (χ0) is 13.0. The van der Waals surface area contributed by atoms with Gasteiger partial charge >= 0.3 is 5.97 Å². The molecule has 1 aromatic rings. The normalized spacial score (nSPS) is 16.7. The molecular formula is C12H16N2O4. The first-order valence-corrected chi connectivity index (χ1v) is 5.76. The maximum absolute atomic E-state index is 12.0. The van der Waals surface area contributed by atoms with Crippen LogP contribution in [-0.4, -0.2) is 43.7 Å². The Morgan fingerprint density at radius 3 is 2.83 bits per heavy atom. The minimum atomic E-state index is -1.15. The molecule has 1 fully saturated rings. The van der Waals surface area contributed by atoms with Crippen LogP contribution in [0.15, 0.2) is 18.3 Å². The maximum atomic E-state index is 12.0. The molecule has 0 unspecified atom stereocenters. The number of carbonyl (C=O) groups excluding carboxylic acids is 2. The van der Waals surface area contributed by atoms with E-state index in [4.69, 9.17) is 4.74 Å². The van der Waals surface area contributed by atoms with Gasteiger partial charge in [0, 0.05) is 24.9 Å². The molecule has 1 aromatic heterocycles. The van der Waals surface area contributed by atoms with Gasteiger partial charge in [0.2, 0.25) is 5.91 Å². The van der Waals surface area contributed by atoms with Gasteiger partial charge < -0.3 is 19.8 Å². The summed E-state index contributed by atoms with van der Waals surface area (Å²) < 4.78 is 9.61. The van der Waals surface area contributed by atoms with E-state index < -0.39 is 11.4 Å². The van der Waals surface area contributed by atoms with E-state index in [1.807, 2.05) is 18.3 Å². The number of nitrogens with one attached hydrogen (secondary N) is 2. The molecule has 0 radical (unpaired) electrons. The summed E-state index contributed by atoms with van der Waals surface area (Å²) in [6, 6.07) is 3.83. The van der Waals surface area contributed by atoms with Crippen molar-refractivity contribution in [2.75, 3.05) is 26.9 Å². The standard InChI is InChI=1S/C12H16N2O4/c1-17-11(16)12(7-18-8-12)10(15)14-6-4-9-3-2-5-13-9/h2-3,5,13H,4,6-8H2,1H3,(H,14,15). The molecule has 0 spiro atoms. The highest BCUT2D eigenvalue weighted by Gasteiger charge is 2.53. The van der Waals surface area contributed by atoms with Gasteiger partial charge in [-0.2, -0.15) is 0 Å². The molecule has 6 heteroatoms. The summed E-state index contributed by atoms with van der Waals surface area (Å²) in [5.74, 6) is -0.863. The lowest BCUT2D eigenvalue weighted by molar-refractivity contribution is -0.188. The molecule has 0 saturated carbocycles. The summed E-state index contributed by atoms with van der Waals surface area (Å²) in [6.07, 6.45) is 2.52. The lowest BCUT2D eigenvalue weighted by Crippen LogP contribution is -2.59. The largest absolute Gasteiger partial charge is 0.468 e. The maximum Gasteiger partial charge on any atom is 0.326 e. The topological polar surface area (TPSA) is 80.4 Å². The fourth-order valence-corrected chi connectivity index (χ4v) is 1.85. The number of hydrogen-bond acceptors (Lipinski definition) is 4. The predicted molar refractivity (Wildman–Crippen MR) is 62.8 cm³/mol. The van der Waals surface area contributed by atoms with Gasteiger partial charge in [-0.15, -0.1) is 0 Å². The van der Waals surface area contributed by atoms with Crippen molar-refractivity contribution in [1.29, 1.82) is 0 Å². The first-order valence-electron chi connectivity index (χ1n) is 5.76. The lowest BCUT2D eigenvalue weighted by atomic mass is 9.85. The van der Waals surface area contributed by atoms with E-state index in [0.717, 1.165) is 5.69 Å². The number of rotatable bonds is 5. The molecule has 0 atom stereocenters. The zero-order valence-electron chi connectivity index (χ0n) is 10.2. The summed E-state index contributed by atoms with van der Waals surface area (Å²) in [5, 5.41) is 2.74. The van der Waals surface area contributed by atoms with Gasteiger partial charge in [0.1, 0.15) is 0 Å². The van der Waals surface area contributed by atoms with Crippen molar-refractivity contribution >= 4 is 11.9 Å². The number of carbonyl (C=O) groups is 2. The third kappa shape index (κ3) is 2.24. The van der Waals surface area contributed by atoms with E-state index in [0.29, 0.717) is 13.0 Å². The third-order valence-corrected chi connectivity index (χ3v) is 3.05. The SMILES string of the molecule is COC(=O)C1(C(=O)NCCc2ccc[nH]2)COC1. The number of aromatic amines is 1. The average molecular weight is 252 g/mol. The highest BCUT2D eigenvalue weighted by Crippen LogP contribution is 2.29. The molecule has 98 valence electrons. The minimum Gasteiger partial charge on any atom is -0.468 e. The van der Waals surface area contributed by atoms with Gasteiger partial charge in [0.05, 0.1) is 20.3 Å². The van der Waals surface area contributed by atoms with Crippen LogP contribution in [0.25, 0.3) is 0 Å². The Kier molecular flexibility index (Phi) is 3.66. The fraction of sp³-hybridized carbons (Fsp3) is 0.500. The van der Waals surface area contributed by atoms with Crippen LogP contribution in [0.2, 0.25) is 0 Å². The van der Waals surface area contributed by atoms with Crippen LogP contribution in [0.1, 0.15) is 5.69 Å². The molecule has 1 aliphatic rings. The first kappa shape index (κ1) is 12.6. The van der Waals surface area contributed by atoms with Crippen LogP contribution in [0.3, 0.4) is 0 Å².